The van der Waals surface area contributed by atoms with Crippen LogP contribution >= 0.6 is 0 Å². The molecule has 0 spiro atoms. The summed E-state index contributed by atoms with van der Waals surface area (Å²) >= 11 is 0. The van der Waals surface area contributed by atoms with Gasteiger partial charge in [0.2, 0.25) is 0 Å². The first kappa shape index (κ1) is 22.0. The molecule has 0 radical (unpaired) electrons. The van der Waals surface area contributed by atoms with Crippen LogP contribution in [0.5, 0.6) is 11.5 Å². The molecular formula is C26H28N4O4. The van der Waals surface area contributed by atoms with Gasteiger partial charge in [0.05, 0.1) is 25.6 Å². The van der Waals surface area contributed by atoms with Gasteiger partial charge < -0.3 is 19.3 Å². The van der Waals surface area contributed by atoms with Gasteiger partial charge in [0.1, 0.15) is 17.2 Å². The van der Waals surface area contributed by atoms with Crippen LogP contribution in [0.15, 0.2) is 54.6 Å². The van der Waals surface area contributed by atoms with Crippen molar-refractivity contribution in [3.05, 3.63) is 71.5 Å². The second-order valence-electron chi connectivity index (χ2n) is 8.66. The molecule has 3 aromatic rings. The van der Waals surface area contributed by atoms with Crippen molar-refractivity contribution in [3.63, 3.8) is 0 Å². The number of aromatic nitrogens is 2. The lowest BCUT2D eigenvalue weighted by Gasteiger charge is -2.35. The SMILES string of the molecule is COc1cc(OC)cc(C(=O)N2CCN(C(=O)c3cc(C4CC4)nn3-c3ccccc3)CC2)c1. The van der Waals surface area contributed by atoms with Crippen LogP contribution in [0.25, 0.3) is 5.69 Å². The van der Waals surface area contributed by atoms with Gasteiger partial charge in [-0.25, -0.2) is 4.68 Å². The minimum atomic E-state index is -0.102. The zero-order chi connectivity index (χ0) is 23.7. The number of rotatable bonds is 6. The molecule has 0 N–H and O–H groups in total. The summed E-state index contributed by atoms with van der Waals surface area (Å²) in [5, 5.41) is 4.75. The van der Waals surface area contributed by atoms with E-state index in [4.69, 9.17) is 14.6 Å². The number of benzene rings is 2. The molecule has 1 aliphatic carbocycles. The number of amides is 2. The molecule has 1 saturated heterocycles. The first-order chi connectivity index (χ1) is 16.6. The van der Waals surface area contributed by atoms with Crippen LogP contribution in [0.2, 0.25) is 0 Å². The van der Waals surface area contributed by atoms with Gasteiger partial charge in [-0.15, -0.1) is 0 Å². The number of methoxy groups -OCH3 is 2. The fourth-order valence-corrected chi connectivity index (χ4v) is 4.28. The summed E-state index contributed by atoms with van der Waals surface area (Å²) < 4.78 is 12.3. The quantitative estimate of drug-likeness (QED) is 0.564. The third-order valence-electron chi connectivity index (χ3n) is 6.40. The van der Waals surface area contributed by atoms with Crippen LogP contribution in [0.3, 0.4) is 0 Å². The fraction of sp³-hybridized carbons (Fsp3) is 0.346. The lowest BCUT2D eigenvalue weighted by molar-refractivity contribution is 0.0530. The van der Waals surface area contributed by atoms with Crippen molar-refractivity contribution in [2.75, 3.05) is 40.4 Å². The van der Waals surface area contributed by atoms with E-state index in [0.717, 1.165) is 24.2 Å². The lowest BCUT2D eigenvalue weighted by atomic mass is 10.1. The second-order valence-corrected chi connectivity index (χ2v) is 8.66. The predicted molar refractivity (Wildman–Crippen MR) is 127 cm³/mol. The van der Waals surface area contributed by atoms with Crippen molar-refractivity contribution in [3.8, 4) is 17.2 Å². The lowest BCUT2D eigenvalue weighted by Crippen LogP contribution is -2.50. The molecule has 2 aliphatic rings. The molecule has 1 aliphatic heterocycles. The largest absolute Gasteiger partial charge is 0.497 e. The first-order valence-corrected chi connectivity index (χ1v) is 11.5. The highest BCUT2D eigenvalue weighted by Crippen LogP contribution is 2.40. The molecule has 0 atom stereocenters. The molecule has 1 aromatic heterocycles. The molecule has 176 valence electrons. The number of hydrogen-bond acceptors (Lipinski definition) is 5. The Morgan fingerprint density at radius 2 is 1.41 bits per heavy atom. The van der Waals surface area contributed by atoms with Gasteiger partial charge in [-0.05, 0) is 43.2 Å². The average Bonchev–Trinajstić information content (AvgIpc) is 3.66. The smallest absolute Gasteiger partial charge is 0.272 e. The van der Waals surface area contributed by atoms with E-state index in [0.29, 0.717) is 54.9 Å². The van der Waals surface area contributed by atoms with E-state index < -0.39 is 0 Å². The molecular weight excluding hydrogens is 432 g/mol. The number of hydrogen-bond donors (Lipinski definition) is 0. The van der Waals surface area contributed by atoms with Crippen molar-refractivity contribution in [2.45, 2.75) is 18.8 Å². The maximum atomic E-state index is 13.5. The Balaban J connectivity index is 1.31. The molecule has 2 amide bonds. The summed E-state index contributed by atoms with van der Waals surface area (Å²) in [5.74, 6) is 1.42. The highest BCUT2D eigenvalue weighted by atomic mass is 16.5. The Morgan fingerprint density at radius 1 is 0.824 bits per heavy atom. The van der Waals surface area contributed by atoms with Gasteiger partial charge in [-0.2, -0.15) is 5.10 Å². The van der Waals surface area contributed by atoms with Crippen LogP contribution in [-0.2, 0) is 0 Å². The predicted octanol–water partition coefficient (Wildman–Crippen LogP) is 3.37. The Morgan fingerprint density at radius 3 is 1.97 bits per heavy atom. The van der Waals surface area contributed by atoms with Crippen molar-refractivity contribution in [1.82, 2.24) is 19.6 Å². The summed E-state index contributed by atoms with van der Waals surface area (Å²) in [6.45, 7) is 1.84. The number of carbonyl (C=O) groups is 2. The van der Waals surface area contributed by atoms with Gasteiger partial charge in [0, 0.05) is 43.7 Å². The third kappa shape index (κ3) is 4.35. The number of carbonyl (C=O) groups excluding carboxylic acids is 2. The molecule has 2 fully saturated rings. The topological polar surface area (TPSA) is 76.9 Å². The molecule has 34 heavy (non-hydrogen) atoms. The number of piperazine rings is 1. The molecule has 2 aromatic carbocycles. The van der Waals surface area contributed by atoms with Gasteiger partial charge in [-0.3, -0.25) is 9.59 Å². The zero-order valence-corrected chi connectivity index (χ0v) is 19.4. The summed E-state index contributed by atoms with van der Waals surface area (Å²) in [6.07, 6.45) is 2.24. The summed E-state index contributed by atoms with van der Waals surface area (Å²) in [6, 6.07) is 16.8. The summed E-state index contributed by atoms with van der Waals surface area (Å²) in [5.41, 5.74) is 2.93. The minimum Gasteiger partial charge on any atom is -0.497 e. The van der Waals surface area contributed by atoms with E-state index in [1.54, 1.807) is 42.0 Å². The number of nitrogens with zero attached hydrogens (tertiary/aromatic N) is 4. The first-order valence-electron chi connectivity index (χ1n) is 11.5. The van der Waals surface area contributed by atoms with E-state index in [2.05, 4.69) is 0 Å². The summed E-state index contributed by atoms with van der Waals surface area (Å²) in [4.78, 5) is 30.2. The maximum Gasteiger partial charge on any atom is 0.272 e. The average molecular weight is 461 g/mol. The molecule has 0 bridgehead atoms. The van der Waals surface area contributed by atoms with Crippen LogP contribution < -0.4 is 9.47 Å². The van der Waals surface area contributed by atoms with Gasteiger partial charge >= 0.3 is 0 Å². The molecule has 8 heteroatoms. The molecule has 2 heterocycles. The Bertz CT molecular complexity index is 1170. The maximum absolute atomic E-state index is 13.5. The minimum absolute atomic E-state index is 0.0570. The van der Waals surface area contributed by atoms with Gasteiger partial charge in [-0.1, -0.05) is 18.2 Å². The van der Waals surface area contributed by atoms with E-state index >= 15 is 0 Å². The molecule has 0 unspecified atom stereocenters. The highest BCUT2D eigenvalue weighted by Gasteiger charge is 2.32. The number of ether oxygens (including phenoxy) is 2. The van der Waals surface area contributed by atoms with Crippen LogP contribution in [-0.4, -0.2) is 71.8 Å². The second kappa shape index (κ2) is 9.21. The van der Waals surface area contributed by atoms with Gasteiger partial charge in [0.25, 0.3) is 11.8 Å². The van der Waals surface area contributed by atoms with Crippen molar-refractivity contribution < 1.29 is 19.1 Å². The van der Waals surface area contributed by atoms with Crippen molar-refractivity contribution >= 4 is 11.8 Å². The third-order valence-corrected chi connectivity index (χ3v) is 6.40. The van der Waals surface area contributed by atoms with E-state index in [-0.39, 0.29) is 11.8 Å². The summed E-state index contributed by atoms with van der Waals surface area (Å²) in [7, 11) is 3.12. The molecule has 1 saturated carbocycles. The van der Waals surface area contributed by atoms with Crippen LogP contribution in [0.4, 0.5) is 0 Å². The zero-order valence-electron chi connectivity index (χ0n) is 19.4. The van der Waals surface area contributed by atoms with Crippen molar-refractivity contribution in [2.24, 2.45) is 0 Å². The highest BCUT2D eigenvalue weighted by molar-refractivity contribution is 5.96. The Labute approximate surface area is 198 Å². The Hall–Kier alpha value is -3.81. The fourth-order valence-electron chi connectivity index (χ4n) is 4.28. The van der Waals surface area contributed by atoms with Gasteiger partial charge in [0.15, 0.2) is 0 Å². The normalized spacial score (nSPS) is 15.8. The number of para-hydroxylation sites is 1. The van der Waals surface area contributed by atoms with Crippen LogP contribution in [0.1, 0.15) is 45.3 Å². The van der Waals surface area contributed by atoms with E-state index in [1.807, 2.05) is 41.3 Å². The Kier molecular flexibility index (Phi) is 5.96. The van der Waals surface area contributed by atoms with E-state index in [1.165, 1.54) is 0 Å². The molecule has 8 nitrogen and oxygen atoms in total. The van der Waals surface area contributed by atoms with Crippen molar-refractivity contribution in [1.29, 1.82) is 0 Å². The molecule has 5 rings (SSSR count). The van der Waals surface area contributed by atoms with E-state index in [9.17, 15) is 9.59 Å². The standard InChI is InChI=1S/C26H28N4O4/c1-33-21-14-19(15-22(16-21)34-2)25(31)28-10-12-29(13-11-28)26(32)24-17-23(18-8-9-18)27-30(24)20-6-4-3-5-7-20/h3-7,14-18H,8-13H2,1-2H3. The monoisotopic (exact) mass is 460 g/mol. The van der Waals surface area contributed by atoms with Crippen LogP contribution in [0, 0.1) is 0 Å².